The fraction of sp³-hybridized carbons (Fsp3) is 0.130. The van der Waals surface area contributed by atoms with E-state index in [1.54, 1.807) is 0 Å². The van der Waals surface area contributed by atoms with E-state index in [0.717, 1.165) is 6.54 Å². The van der Waals surface area contributed by atoms with Crippen molar-refractivity contribution >= 4 is 12.7 Å². The minimum atomic E-state index is 0.665. The van der Waals surface area contributed by atoms with Crippen molar-refractivity contribution in [3.05, 3.63) is 108 Å². The smallest absolute Gasteiger partial charge is 0.0908 e. The van der Waals surface area contributed by atoms with Gasteiger partial charge in [-0.3, -0.25) is 9.98 Å². The summed E-state index contributed by atoms with van der Waals surface area (Å²) < 4.78 is 0. The largest absolute Gasteiger partial charge is 0.319 e. The van der Waals surface area contributed by atoms with E-state index in [-0.39, 0.29) is 0 Å². The predicted octanol–water partition coefficient (Wildman–Crippen LogP) is 4.95. The van der Waals surface area contributed by atoms with Crippen LogP contribution in [0.25, 0.3) is 0 Å². The number of rotatable bonds is 8. The Morgan fingerprint density at radius 1 is 0.538 bits per heavy atom. The lowest BCUT2D eigenvalue weighted by Gasteiger charge is -2.14. The van der Waals surface area contributed by atoms with E-state index >= 15 is 0 Å². The minimum Gasteiger partial charge on any atom is -0.319 e. The van der Waals surface area contributed by atoms with Gasteiger partial charge >= 0.3 is 0 Å². The lowest BCUT2D eigenvalue weighted by molar-refractivity contribution is 0.630. The van der Waals surface area contributed by atoms with Gasteiger partial charge in [-0.15, -0.1) is 0 Å². The maximum atomic E-state index is 4.57. The predicted molar refractivity (Wildman–Crippen MR) is 109 cm³/mol. The van der Waals surface area contributed by atoms with Crippen LogP contribution in [0.3, 0.4) is 0 Å². The Balaban J connectivity index is 1.64. The molecule has 0 N–H and O–H groups in total. The third-order valence-electron chi connectivity index (χ3n) is 3.90. The van der Waals surface area contributed by atoms with Crippen LogP contribution in [0.15, 0.2) is 101 Å². The fourth-order valence-corrected chi connectivity index (χ4v) is 2.57. The Hall–Kier alpha value is -3.20. The molecule has 0 spiro atoms. The van der Waals surface area contributed by atoms with Crippen LogP contribution in [0.4, 0.5) is 0 Å². The Morgan fingerprint density at radius 3 is 1.35 bits per heavy atom. The third-order valence-corrected chi connectivity index (χ3v) is 3.90. The molecule has 26 heavy (non-hydrogen) atoms. The second kappa shape index (κ2) is 9.94. The molecule has 3 heteroatoms. The Morgan fingerprint density at radius 2 is 0.923 bits per heavy atom. The Labute approximate surface area is 155 Å². The number of benzene rings is 3. The van der Waals surface area contributed by atoms with Crippen LogP contribution in [0.2, 0.25) is 0 Å². The molecule has 0 aliphatic carbocycles. The van der Waals surface area contributed by atoms with E-state index in [1.165, 1.54) is 16.7 Å². The van der Waals surface area contributed by atoms with Gasteiger partial charge in [-0.2, -0.15) is 0 Å². The average Bonchev–Trinajstić information content (AvgIpc) is 2.70. The van der Waals surface area contributed by atoms with Gasteiger partial charge in [-0.05, 0) is 16.7 Å². The molecule has 130 valence electrons. The number of aliphatic imine (C=N–C) groups is 2. The topological polar surface area (TPSA) is 28.0 Å². The second-order valence-corrected chi connectivity index (χ2v) is 6.04. The van der Waals surface area contributed by atoms with E-state index < -0.39 is 0 Å². The highest BCUT2D eigenvalue weighted by Crippen LogP contribution is 2.04. The summed E-state index contributed by atoms with van der Waals surface area (Å²) in [6, 6.07) is 30.9. The van der Waals surface area contributed by atoms with E-state index in [0.29, 0.717) is 13.1 Å². The SMILES string of the molecule is C(=NCc1ccccc1)N(C=NCc1ccccc1)Cc1ccccc1. The summed E-state index contributed by atoms with van der Waals surface area (Å²) >= 11 is 0. The monoisotopic (exact) mass is 341 g/mol. The van der Waals surface area contributed by atoms with Crippen molar-refractivity contribution < 1.29 is 0 Å². The van der Waals surface area contributed by atoms with Crippen LogP contribution in [-0.4, -0.2) is 17.6 Å². The summed E-state index contributed by atoms with van der Waals surface area (Å²) in [5.41, 5.74) is 3.62. The average molecular weight is 341 g/mol. The van der Waals surface area contributed by atoms with Gasteiger partial charge in [0.05, 0.1) is 25.8 Å². The molecule has 0 radical (unpaired) electrons. The van der Waals surface area contributed by atoms with Crippen LogP contribution in [0.1, 0.15) is 16.7 Å². The molecule has 3 rings (SSSR count). The molecule has 0 fully saturated rings. The van der Waals surface area contributed by atoms with Gasteiger partial charge in [0, 0.05) is 6.54 Å². The molecule has 0 saturated carbocycles. The first-order valence-corrected chi connectivity index (χ1v) is 8.77. The fourth-order valence-electron chi connectivity index (χ4n) is 2.57. The molecule has 3 nitrogen and oxygen atoms in total. The minimum absolute atomic E-state index is 0.665. The number of hydrogen-bond acceptors (Lipinski definition) is 2. The summed E-state index contributed by atoms with van der Waals surface area (Å²) in [7, 11) is 0. The quantitative estimate of drug-likeness (QED) is 0.421. The van der Waals surface area contributed by atoms with Gasteiger partial charge in [-0.25, -0.2) is 0 Å². The van der Waals surface area contributed by atoms with Crippen molar-refractivity contribution in [2.24, 2.45) is 9.98 Å². The summed E-state index contributed by atoms with van der Waals surface area (Å²) in [6.45, 7) is 2.08. The lowest BCUT2D eigenvalue weighted by atomic mass is 10.2. The zero-order chi connectivity index (χ0) is 17.9. The van der Waals surface area contributed by atoms with Gasteiger partial charge in [0.25, 0.3) is 0 Å². The highest BCUT2D eigenvalue weighted by atomic mass is 15.2. The summed E-state index contributed by atoms with van der Waals surface area (Å²) in [4.78, 5) is 11.2. The van der Waals surface area contributed by atoms with Gasteiger partial charge in [-0.1, -0.05) is 91.0 Å². The van der Waals surface area contributed by atoms with E-state index in [4.69, 9.17) is 0 Å². The van der Waals surface area contributed by atoms with Crippen LogP contribution >= 0.6 is 0 Å². The Kier molecular flexibility index (Phi) is 6.74. The van der Waals surface area contributed by atoms with Gasteiger partial charge in [0.1, 0.15) is 0 Å². The molecule has 3 aromatic rings. The van der Waals surface area contributed by atoms with Crippen molar-refractivity contribution in [1.29, 1.82) is 0 Å². The highest BCUT2D eigenvalue weighted by Gasteiger charge is 1.99. The summed E-state index contributed by atoms with van der Waals surface area (Å²) in [5, 5.41) is 0. The van der Waals surface area contributed by atoms with E-state index in [1.807, 2.05) is 60.0 Å². The van der Waals surface area contributed by atoms with E-state index in [2.05, 4.69) is 58.5 Å². The second-order valence-electron chi connectivity index (χ2n) is 6.04. The first-order chi connectivity index (χ1) is 12.9. The van der Waals surface area contributed by atoms with Gasteiger partial charge < -0.3 is 4.90 Å². The standard InChI is InChI=1S/C23H23N3/c1-4-10-21(11-5-1)16-24-19-26(18-23-14-8-3-9-15-23)20-25-17-22-12-6-2-7-13-22/h1-15,19-20H,16-18H2. The molecule has 0 bridgehead atoms. The van der Waals surface area contributed by atoms with Crippen LogP contribution in [-0.2, 0) is 19.6 Å². The first-order valence-electron chi connectivity index (χ1n) is 8.77. The van der Waals surface area contributed by atoms with Crippen molar-refractivity contribution in [1.82, 2.24) is 4.90 Å². The molecular weight excluding hydrogens is 318 g/mol. The molecule has 0 amide bonds. The molecule has 0 aliphatic rings. The zero-order valence-corrected chi connectivity index (χ0v) is 14.8. The number of hydrogen-bond donors (Lipinski definition) is 0. The lowest BCUT2D eigenvalue weighted by Crippen LogP contribution is -2.19. The maximum Gasteiger partial charge on any atom is 0.0908 e. The first kappa shape index (κ1) is 17.6. The summed E-state index contributed by atoms with van der Waals surface area (Å²) in [5.74, 6) is 0. The van der Waals surface area contributed by atoms with Crippen molar-refractivity contribution in [3.63, 3.8) is 0 Å². The number of nitrogens with zero attached hydrogens (tertiary/aromatic N) is 3. The van der Waals surface area contributed by atoms with Crippen LogP contribution < -0.4 is 0 Å². The third kappa shape index (κ3) is 6.02. The van der Waals surface area contributed by atoms with Gasteiger partial charge in [0.15, 0.2) is 0 Å². The zero-order valence-electron chi connectivity index (χ0n) is 14.8. The van der Waals surface area contributed by atoms with E-state index in [9.17, 15) is 0 Å². The molecule has 0 unspecified atom stereocenters. The van der Waals surface area contributed by atoms with Crippen molar-refractivity contribution in [2.45, 2.75) is 19.6 Å². The molecular formula is C23H23N3. The normalized spacial score (nSPS) is 11.2. The maximum absolute atomic E-state index is 4.57. The molecule has 0 atom stereocenters. The van der Waals surface area contributed by atoms with Gasteiger partial charge in [0.2, 0.25) is 0 Å². The highest BCUT2D eigenvalue weighted by molar-refractivity contribution is 5.75. The Bertz CT molecular complexity index is 760. The summed E-state index contributed by atoms with van der Waals surface area (Å²) in [6.07, 6.45) is 3.74. The van der Waals surface area contributed by atoms with Crippen molar-refractivity contribution in [3.8, 4) is 0 Å². The van der Waals surface area contributed by atoms with Crippen LogP contribution in [0, 0.1) is 0 Å². The molecule has 3 aromatic carbocycles. The molecule has 0 aromatic heterocycles. The van der Waals surface area contributed by atoms with Crippen molar-refractivity contribution in [2.75, 3.05) is 0 Å². The molecule has 0 aliphatic heterocycles. The molecule has 0 heterocycles. The van der Waals surface area contributed by atoms with Crippen LogP contribution in [0.5, 0.6) is 0 Å². The molecule has 0 saturated heterocycles.